The maximum absolute atomic E-state index is 13.2. The lowest BCUT2D eigenvalue weighted by atomic mass is 10.0. The van der Waals surface area contributed by atoms with Crippen LogP contribution in [0, 0.1) is 39.8 Å². The number of aryl methyl sites for hydroxylation is 1. The Morgan fingerprint density at radius 3 is 1.04 bits per heavy atom. The molecule has 0 saturated carbocycles. The van der Waals surface area contributed by atoms with Crippen molar-refractivity contribution < 1.29 is 38.3 Å². The standard InChI is InChI=1S/C19H15Cl2FN4OS.C19H17Cl2N5OS.C19H16Cl2N4OS.2C18H15Cl2N5O2S/c1-23-16-15(13-3-2-11(20)8-14(13)21)17(18-24-4-5-25-18)28-19(16)26-6-7-27-12(9-22)10-26;1-10-7-27-8-11(2)26(10)19-16(22-3)15(13-5-4-12(20)6-14(13)21)17(28-19)18-23-9-24-25-18;1-11-16(24-10-23-11)18-15(13-4-3-12(20)9-14(13)21)17(22-2)19(27-18)25-5-7-26-8-6-25;2*1-21-15-14(12-3-2-10(19)6-13(12)20)16(17-22-9-23-24-17)28-18(15)25-4-5-27-11(7-25)8-26/h2-5,8,12H,6-7,9-10H2,(H,24,25);4-6,9-11H,7-8H2,1-2H3,(H,23,24,25);3-4,9-10H,5-8H2,1H3,(H,23,24);2*2-3,6,9,11,26H,4-5,7-8H2,(H,22,23,24)/t;10-,11+;;11-;/m...0./s1. The molecule has 5 fully saturated rings. The summed E-state index contributed by atoms with van der Waals surface area (Å²) in [4.78, 5) is 62.0. The molecule has 20 rings (SSSR count). The number of alkyl halides is 1. The summed E-state index contributed by atoms with van der Waals surface area (Å²) < 4.78 is 40.8. The minimum Gasteiger partial charge on any atom is -0.394 e. The van der Waals surface area contributed by atoms with Crippen molar-refractivity contribution in [1.82, 2.24) is 65.5 Å². The van der Waals surface area contributed by atoms with Crippen LogP contribution in [0.15, 0.2) is 129 Å². The van der Waals surface area contributed by atoms with Crippen LogP contribution < -0.4 is 24.5 Å². The maximum Gasteiger partial charge on any atom is 0.229 e. The molecule has 0 spiro atoms. The van der Waals surface area contributed by atoms with E-state index in [0.717, 1.165) is 96.1 Å². The van der Waals surface area contributed by atoms with Crippen molar-refractivity contribution in [3.8, 4) is 109 Å². The molecule has 5 aliphatic heterocycles. The zero-order valence-electron chi connectivity index (χ0n) is 73.4. The minimum absolute atomic E-state index is 0.0694. The predicted molar refractivity (Wildman–Crippen MR) is 557 cm³/mol. The number of aromatic amines is 5. The van der Waals surface area contributed by atoms with Crippen LogP contribution in [0.1, 0.15) is 19.5 Å². The number of aliphatic hydroxyl groups excluding tert-OH is 2. The lowest BCUT2D eigenvalue weighted by Crippen LogP contribution is -2.49. The Hall–Kier alpha value is -10.6. The highest BCUT2D eigenvalue weighted by atomic mass is 35.5. The summed E-state index contributed by atoms with van der Waals surface area (Å²) in [6.45, 7) is 53.5. The quantitative estimate of drug-likeness (QED) is 0.0393. The van der Waals surface area contributed by atoms with Crippen LogP contribution in [0.2, 0.25) is 50.2 Å². The van der Waals surface area contributed by atoms with Crippen molar-refractivity contribution >= 4 is 226 Å². The van der Waals surface area contributed by atoms with Gasteiger partial charge in [-0.15, -0.1) is 56.7 Å². The second-order valence-corrected chi connectivity index (χ2v) is 40.6. The van der Waals surface area contributed by atoms with Crippen LogP contribution >= 0.6 is 173 Å². The van der Waals surface area contributed by atoms with Gasteiger partial charge in [0.2, 0.25) is 28.4 Å². The second kappa shape index (κ2) is 46.4. The third kappa shape index (κ3) is 22.2. The van der Waals surface area contributed by atoms with E-state index >= 15 is 0 Å². The number of rotatable bonds is 18. The third-order valence-corrected chi connectivity index (χ3v) is 31.5. The smallest absolute Gasteiger partial charge is 0.229 e. The molecule has 139 heavy (non-hydrogen) atoms. The van der Waals surface area contributed by atoms with Crippen molar-refractivity contribution in [3.63, 3.8) is 0 Å². The van der Waals surface area contributed by atoms with Gasteiger partial charge in [0.15, 0.2) is 17.5 Å². The molecule has 5 aromatic carbocycles. The van der Waals surface area contributed by atoms with E-state index < -0.39 is 12.8 Å². The number of nitrogens with zero attached hydrogens (tertiary/aromatic N) is 18. The first-order chi connectivity index (χ1) is 67.5. The summed E-state index contributed by atoms with van der Waals surface area (Å²) >= 11 is 70.2. The van der Waals surface area contributed by atoms with Gasteiger partial charge in [0, 0.05) is 161 Å². The van der Waals surface area contributed by atoms with Crippen molar-refractivity contribution in [3.05, 3.63) is 242 Å². The molecule has 714 valence electrons. The molecule has 30 nitrogen and oxygen atoms in total. The minimum atomic E-state index is -0.559. The molecule has 15 heterocycles. The normalized spacial score (nSPS) is 17.0. The lowest BCUT2D eigenvalue weighted by Gasteiger charge is -2.40. The Morgan fingerprint density at radius 2 is 0.727 bits per heavy atom. The molecule has 0 amide bonds. The number of anilines is 5. The van der Waals surface area contributed by atoms with Gasteiger partial charge in [-0.2, -0.15) is 15.3 Å². The molecule has 5 atom stereocenters. The average Bonchev–Trinajstić information content (AvgIpc) is 1.62. The molecule has 46 heteroatoms. The van der Waals surface area contributed by atoms with E-state index in [1.807, 2.05) is 24.0 Å². The number of aromatic nitrogens is 13. The van der Waals surface area contributed by atoms with Gasteiger partial charge in [-0.1, -0.05) is 146 Å². The fourth-order valence-electron chi connectivity index (χ4n) is 16.3. The van der Waals surface area contributed by atoms with E-state index in [4.69, 9.17) is 173 Å². The van der Waals surface area contributed by atoms with E-state index in [0.29, 0.717) is 221 Å². The van der Waals surface area contributed by atoms with E-state index in [1.54, 1.807) is 109 Å². The van der Waals surface area contributed by atoms with Crippen LogP contribution in [-0.4, -0.2) is 225 Å². The molecule has 5 aliphatic rings. The summed E-state index contributed by atoms with van der Waals surface area (Å²) in [7, 11) is 0. The number of hydrogen-bond acceptors (Lipinski definition) is 25. The van der Waals surface area contributed by atoms with Crippen LogP contribution in [0.25, 0.3) is 133 Å². The van der Waals surface area contributed by atoms with Crippen molar-refractivity contribution in [2.24, 2.45) is 0 Å². The number of aliphatic hydroxyl groups is 2. The monoisotopic (exact) mass is 2160 g/mol. The molecule has 7 N–H and O–H groups in total. The van der Waals surface area contributed by atoms with Gasteiger partial charge in [0.25, 0.3) is 0 Å². The first-order valence-corrected chi connectivity index (χ1v) is 50.4. The molecule has 0 bridgehead atoms. The fourth-order valence-corrected chi connectivity index (χ4v) is 25.3. The Morgan fingerprint density at radius 1 is 0.403 bits per heavy atom. The summed E-state index contributed by atoms with van der Waals surface area (Å²) in [6.07, 6.45) is 8.30. The Kier molecular flexibility index (Phi) is 33.9. The Bertz CT molecular complexity index is 6700. The molecule has 10 aromatic heterocycles. The lowest BCUT2D eigenvalue weighted by molar-refractivity contribution is 0.00376. The highest BCUT2D eigenvalue weighted by Crippen LogP contribution is 2.60. The number of imidazole rings is 2. The summed E-state index contributed by atoms with van der Waals surface area (Å²) in [6, 6.07) is 26.6. The summed E-state index contributed by atoms with van der Waals surface area (Å²) in [5.74, 6) is 2.39. The van der Waals surface area contributed by atoms with Gasteiger partial charge in [0.1, 0.15) is 43.3 Å². The van der Waals surface area contributed by atoms with Crippen LogP contribution in [-0.2, 0) is 23.7 Å². The molecule has 0 radical (unpaired) electrons. The van der Waals surface area contributed by atoms with E-state index in [2.05, 4.69) is 123 Å². The first kappa shape index (κ1) is 101. The molecular formula is C93H78Cl10FN23O7S5. The predicted octanol–water partition coefficient (Wildman–Crippen LogP) is 25.8. The zero-order valence-corrected chi connectivity index (χ0v) is 85.1. The Labute approximate surface area is 867 Å². The number of hydrogen-bond donors (Lipinski definition) is 7. The molecule has 2 unspecified atom stereocenters. The maximum atomic E-state index is 13.2. The van der Waals surface area contributed by atoms with E-state index in [-0.39, 0.29) is 37.5 Å². The largest absolute Gasteiger partial charge is 0.394 e. The van der Waals surface area contributed by atoms with E-state index in [1.165, 1.54) is 64.3 Å². The van der Waals surface area contributed by atoms with Gasteiger partial charge in [-0.05, 0) is 109 Å². The number of ether oxygens (including phenoxy) is 5. The van der Waals surface area contributed by atoms with Crippen LogP contribution in [0.5, 0.6) is 0 Å². The molecule has 5 saturated heterocycles. The van der Waals surface area contributed by atoms with Crippen LogP contribution in [0.3, 0.4) is 0 Å². The average molecular weight is 2160 g/mol. The van der Waals surface area contributed by atoms with Gasteiger partial charge >= 0.3 is 0 Å². The fraction of sp³-hybridized carbons (Fsp3) is 0.280. The number of halogens is 11. The molecule has 0 aliphatic carbocycles. The zero-order chi connectivity index (χ0) is 97.8. The highest BCUT2D eigenvalue weighted by molar-refractivity contribution is 7.22. The first-order valence-electron chi connectivity index (χ1n) is 42.6. The van der Waals surface area contributed by atoms with Crippen LogP contribution in [0.4, 0.5) is 57.8 Å². The number of thiophene rings is 5. The van der Waals surface area contributed by atoms with Crippen molar-refractivity contribution in [2.45, 2.75) is 51.2 Å². The van der Waals surface area contributed by atoms with Gasteiger partial charge < -0.3 is 68.4 Å². The second-order valence-electron chi connectivity index (χ2n) is 31.4. The number of nitrogens with one attached hydrogen (secondary N) is 5. The summed E-state index contributed by atoms with van der Waals surface area (Å²) in [5.41, 5.74) is 11.7. The van der Waals surface area contributed by atoms with Gasteiger partial charge in [0.05, 0.1) is 160 Å². The molecular weight excluding hydrogens is 2090 g/mol. The van der Waals surface area contributed by atoms with E-state index in [9.17, 15) is 14.6 Å². The van der Waals surface area contributed by atoms with Crippen molar-refractivity contribution in [1.29, 1.82) is 0 Å². The highest BCUT2D eigenvalue weighted by Gasteiger charge is 2.38. The number of benzene rings is 5. The number of H-pyrrole nitrogens is 5. The topological polar surface area (TPSA) is 307 Å². The Balaban J connectivity index is 0.000000125. The van der Waals surface area contributed by atoms with Gasteiger partial charge in [-0.3, -0.25) is 15.3 Å². The summed E-state index contributed by atoms with van der Waals surface area (Å²) in [5, 5.41) is 48.7. The number of morpholine rings is 5. The van der Waals surface area contributed by atoms with Crippen molar-refractivity contribution in [2.75, 3.05) is 143 Å². The third-order valence-electron chi connectivity index (χ3n) is 22.6. The van der Waals surface area contributed by atoms with Gasteiger partial charge in [-0.25, -0.2) is 53.5 Å². The SMILES string of the molecule is [C-]#[N+]c1c(N2CCOC(CF)C2)sc(-c2ncc[nH]2)c1-c1ccc(Cl)cc1Cl.[C-]#[N+]c1c(N2CCOC(CO)C2)sc(-c2ncn[nH]2)c1-c1ccc(Cl)cc1Cl.[C-]#[N+]c1c(N2CCOCC2)sc(-c2nc[nH]c2C)c1-c1ccc(Cl)cc1Cl.[C-]#[N+]c1c(N2CCO[C@H](CO)C2)sc(-c2ncn[nH]2)c1-c1ccc(Cl)cc1Cl.[C-]#[N+]c1c(N2[C@H](C)COC[C@@H]2C)sc(-c2ncn[nH]2)c1-c1ccc(Cl)cc1Cl. The molecule has 15 aromatic rings.